The fraction of sp³-hybridized carbons (Fsp3) is 0.400. The molecule has 0 bridgehead atoms. The number of carbonyl (C=O) groups excluding carboxylic acids is 1. The second-order valence-electron chi connectivity index (χ2n) is 5.22. The zero-order chi connectivity index (χ0) is 14.7. The first kappa shape index (κ1) is 13.9. The molecule has 3 rings (SSSR count). The number of nitrogens with zero attached hydrogens (tertiary/aromatic N) is 4. The van der Waals surface area contributed by atoms with Gasteiger partial charge in [0.25, 0.3) is 0 Å². The van der Waals surface area contributed by atoms with Gasteiger partial charge in [0.05, 0.1) is 12.2 Å². The Morgan fingerprint density at radius 2 is 2.05 bits per heavy atom. The lowest BCUT2D eigenvalue weighted by Gasteiger charge is -2.15. The topological polar surface area (TPSA) is 51.0 Å². The molecule has 0 radical (unpaired) electrons. The molecule has 1 saturated heterocycles. The largest absolute Gasteiger partial charge is 0.301 e. The number of carbonyl (C=O) groups is 1. The van der Waals surface area contributed by atoms with Gasteiger partial charge in [-0.2, -0.15) is 0 Å². The van der Waals surface area contributed by atoms with Crippen LogP contribution in [-0.4, -0.2) is 45.8 Å². The lowest BCUT2D eigenvalue weighted by molar-refractivity contribution is 0.111. The molecule has 1 aliphatic heterocycles. The first-order valence-corrected chi connectivity index (χ1v) is 7.15. The zero-order valence-corrected chi connectivity index (χ0v) is 11.7. The minimum absolute atomic E-state index is 0.252. The molecule has 2 heterocycles. The van der Waals surface area contributed by atoms with E-state index in [1.165, 1.54) is 25.0 Å². The molecule has 1 aromatic heterocycles. The molecule has 0 atom stereocenters. The Labute approximate surface area is 122 Å². The van der Waals surface area contributed by atoms with E-state index < -0.39 is 0 Å². The first-order valence-electron chi connectivity index (χ1n) is 7.15. The van der Waals surface area contributed by atoms with Crippen LogP contribution in [0.5, 0.6) is 0 Å². The summed E-state index contributed by atoms with van der Waals surface area (Å²) in [5.41, 5.74) is 1.47. The number of halogens is 1. The van der Waals surface area contributed by atoms with Gasteiger partial charge in [-0.05, 0) is 38.1 Å². The molecular formula is C15H17FN4O. The zero-order valence-electron chi connectivity index (χ0n) is 11.7. The van der Waals surface area contributed by atoms with Gasteiger partial charge in [-0.25, -0.2) is 9.07 Å². The van der Waals surface area contributed by atoms with E-state index >= 15 is 0 Å². The SMILES string of the molecule is O=Cc1nnn(CCN2CCCC2)c1-c1cccc(F)c1. The van der Waals surface area contributed by atoms with Crippen molar-refractivity contribution in [3.8, 4) is 11.3 Å². The van der Waals surface area contributed by atoms with Crippen LogP contribution in [0.25, 0.3) is 11.3 Å². The fourth-order valence-electron chi connectivity index (χ4n) is 2.74. The summed E-state index contributed by atoms with van der Waals surface area (Å²) in [5, 5.41) is 7.93. The second kappa shape index (κ2) is 6.13. The van der Waals surface area contributed by atoms with Crippen molar-refractivity contribution in [1.29, 1.82) is 0 Å². The molecular weight excluding hydrogens is 271 g/mol. The third-order valence-corrected chi connectivity index (χ3v) is 3.80. The van der Waals surface area contributed by atoms with E-state index in [0.717, 1.165) is 19.6 Å². The smallest absolute Gasteiger partial charge is 0.172 e. The van der Waals surface area contributed by atoms with Crippen molar-refractivity contribution < 1.29 is 9.18 Å². The molecule has 0 amide bonds. The Balaban J connectivity index is 1.86. The molecule has 5 nitrogen and oxygen atoms in total. The van der Waals surface area contributed by atoms with Gasteiger partial charge in [-0.1, -0.05) is 17.3 Å². The maximum atomic E-state index is 13.4. The van der Waals surface area contributed by atoms with Crippen LogP contribution in [0.4, 0.5) is 4.39 Å². The summed E-state index contributed by atoms with van der Waals surface area (Å²) >= 11 is 0. The quantitative estimate of drug-likeness (QED) is 0.790. The summed E-state index contributed by atoms with van der Waals surface area (Å²) in [6.07, 6.45) is 3.13. The summed E-state index contributed by atoms with van der Waals surface area (Å²) in [6, 6.07) is 6.17. The van der Waals surface area contributed by atoms with Crippen molar-refractivity contribution in [1.82, 2.24) is 19.9 Å². The highest BCUT2D eigenvalue weighted by molar-refractivity contribution is 5.83. The summed E-state index contributed by atoms with van der Waals surface area (Å²) in [5.74, 6) is -0.336. The minimum Gasteiger partial charge on any atom is -0.301 e. The normalized spacial score (nSPS) is 15.5. The Kier molecular flexibility index (Phi) is 4.06. The highest BCUT2D eigenvalue weighted by atomic mass is 19.1. The van der Waals surface area contributed by atoms with E-state index in [2.05, 4.69) is 15.2 Å². The number of aromatic nitrogens is 3. The van der Waals surface area contributed by atoms with Crippen LogP contribution in [0.15, 0.2) is 24.3 Å². The molecule has 110 valence electrons. The summed E-state index contributed by atoms with van der Waals surface area (Å²) in [7, 11) is 0. The molecule has 0 N–H and O–H groups in total. The minimum atomic E-state index is -0.336. The molecule has 1 aromatic carbocycles. The van der Waals surface area contributed by atoms with E-state index in [4.69, 9.17) is 0 Å². The molecule has 1 fully saturated rings. The number of rotatable bonds is 5. The van der Waals surface area contributed by atoms with Gasteiger partial charge in [0.15, 0.2) is 12.0 Å². The summed E-state index contributed by atoms with van der Waals surface area (Å²) in [4.78, 5) is 13.5. The molecule has 21 heavy (non-hydrogen) atoms. The van der Waals surface area contributed by atoms with Crippen LogP contribution in [0.1, 0.15) is 23.3 Å². The van der Waals surface area contributed by atoms with Crippen LogP contribution >= 0.6 is 0 Å². The molecule has 0 saturated carbocycles. The maximum absolute atomic E-state index is 13.4. The van der Waals surface area contributed by atoms with E-state index in [-0.39, 0.29) is 11.5 Å². The number of hydrogen-bond donors (Lipinski definition) is 0. The Morgan fingerprint density at radius 1 is 1.24 bits per heavy atom. The van der Waals surface area contributed by atoms with Gasteiger partial charge in [-0.3, -0.25) is 4.79 Å². The Bertz CT molecular complexity index is 634. The first-order chi connectivity index (χ1) is 10.3. The lowest BCUT2D eigenvalue weighted by atomic mass is 10.1. The van der Waals surface area contributed by atoms with Crippen LogP contribution < -0.4 is 0 Å². The van der Waals surface area contributed by atoms with Crippen molar-refractivity contribution in [3.63, 3.8) is 0 Å². The highest BCUT2D eigenvalue weighted by Gasteiger charge is 2.17. The number of aldehydes is 1. The predicted molar refractivity (Wildman–Crippen MR) is 76.5 cm³/mol. The summed E-state index contributed by atoms with van der Waals surface area (Å²) in [6.45, 7) is 3.71. The number of hydrogen-bond acceptors (Lipinski definition) is 4. The van der Waals surface area contributed by atoms with E-state index in [9.17, 15) is 9.18 Å². The van der Waals surface area contributed by atoms with Crippen molar-refractivity contribution >= 4 is 6.29 Å². The van der Waals surface area contributed by atoms with E-state index in [1.807, 2.05) is 0 Å². The number of likely N-dealkylation sites (tertiary alicyclic amines) is 1. The van der Waals surface area contributed by atoms with Gasteiger partial charge in [-0.15, -0.1) is 5.10 Å². The van der Waals surface area contributed by atoms with Gasteiger partial charge >= 0.3 is 0 Å². The fourth-order valence-corrected chi connectivity index (χ4v) is 2.74. The summed E-state index contributed by atoms with van der Waals surface area (Å²) < 4.78 is 15.1. The Morgan fingerprint density at radius 3 is 2.76 bits per heavy atom. The predicted octanol–water partition coefficient (Wildman–Crippen LogP) is 1.99. The van der Waals surface area contributed by atoms with Crippen LogP contribution in [0.2, 0.25) is 0 Å². The maximum Gasteiger partial charge on any atom is 0.172 e. The van der Waals surface area contributed by atoms with Gasteiger partial charge in [0.2, 0.25) is 0 Å². The molecule has 2 aromatic rings. The van der Waals surface area contributed by atoms with Gasteiger partial charge in [0.1, 0.15) is 5.82 Å². The average Bonchev–Trinajstić information content (AvgIpc) is 3.14. The van der Waals surface area contributed by atoms with E-state index in [0.29, 0.717) is 24.1 Å². The average molecular weight is 288 g/mol. The van der Waals surface area contributed by atoms with Crippen molar-refractivity contribution in [3.05, 3.63) is 35.8 Å². The number of benzene rings is 1. The van der Waals surface area contributed by atoms with Gasteiger partial charge in [0, 0.05) is 12.1 Å². The van der Waals surface area contributed by atoms with Gasteiger partial charge < -0.3 is 4.90 Å². The standard InChI is InChI=1S/C15H17FN4O/c16-13-5-3-4-12(10-13)15-14(11-21)17-18-20(15)9-8-19-6-1-2-7-19/h3-5,10-11H,1-2,6-9H2. The van der Waals surface area contributed by atoms with Crippen LogP contribution in [0.3, 0.4) is 0 Å². The second-order valence-corrected chi connectivity index (χ2v) is 5.22. The third kappa shape index (κ3) is 3.00. The van der Waals surface area contributed by atoms with Crippen molar-refractivity contribution in [2.24, 2.45) is 0 Å². The highest BCUT2D eigenvalue weighted by Crippen LogP contribution is 2.22. The molecule has 0 unspecified atom stereocenters. The van der Waals surface area contributed by atoms with Crippen LogP contribution in [0, 0.1) is 5.82 Å². The third-order valence-electron chi connectivity index (χ3n) is 3.80. The molecule has 1 aliphatic rings. The lowest BCUT2D eigenvalue weighted by Crippen LogP contribution is -2.24. The molecule has 0 aliphatic carbocycles. The monoisotopic (exact) mass is 288 g/mol. The van der Waals surface area contributed by atoms with Crippen molar-refractivity contribution in [2.45, 2.75) is 19.4 Å². The van der Waals surface area contributed by atoms with Crippen molar-refractivity contribution in [2.75, 3.05) is 19.6 Å². The molecule has 6 heteroatoms. The Hall–Kier alpha value is -2.08. The van der Waals surface area contributed by atoms with Crippen LogP contribution in [-0.2, 0) is 6.54 Å². The molecule has 0 spiro atoms. The van der Waals surface area contributed by atoms with E-state index in [1.54, 1.807) is 16.8 Å².